The lowest BCUT2D eigenvalue weighted by Crippen LogP contribution is -3.00. The summed E-state index contributed by atoms with van der Waals surface area (Å²) in [4.78, 5) is 0. The Labute approximate surface area is 282 Å². The fourth-order valence-corrected chi connectivity index (χ4v) is 5.16. The SMILES string of the molecule is C[n+]1ccc(NCCCCCCCCCCNc2cc[n+](C)c3cc(Cl)ccc23)c2ccc(Cl)cc21.O.O.[I-].[I-]. The predicted octanol–water partition coefficient (Wildman–Crippen LogP) is -0.0478. The Bertz CT molecular complexity index is 1230. The molecule has 0 fully saturated rings. The highest BCUT2D eigenvalue weighted by molar-refractivity contribution is 6.31. The molecule has 0 saturated carbocycles. The van der Waals surface area contributed by atoms with Gasteiger partial charge in [-0.1, -0.05) is 61.7 Å². The molecule has 6 N–H and O–H groups in total. The van der Waals surface area contributed by atoms with Crippen molar-refractivity contribution in [1.82, 2.24) is 0 Å². The molecule has 0 aliphatic rings. The largest absolute Gasteiger partial charge is 1.00 e. The molecular weight excluding hydrogens is 773 g/mol. The van der Waals surface area contributed by atoms with Gasteiger partial charge in [-0.15, -0.1) is 0 Å². The number of nitrogens with zero attached hydrogens (tertiary/aromatic N) is 2. The molecule has 0 bridgehead atoms. The molecule has 222 valence electrons. The van der Waals surface area contributed by atoms with Crippen molar-refractivity contribution in [2.24, 2.45) is 14.1 Å². The van der Waals surface area contributed by atoms with E-state index in [9.17, 15) is 0 Å². The molecule has 0 amide bonds. The highest BCUT2D eigenvalue weighted by Crippen LogP contribution is 2.25. The van der Waals surface area contributed by atoms with Gasteiger partial charge in [0.15, 0.2) is 12.4 Å². The molecule has 2 heterocycles. The number of halogens is 4. The number of anilines is 2. The van der Waals surface area contributed by atoms with Gasteiger partial charge in [-0.25, -0.2) is 9.13 Å². The van der Waals surface area contributed by atoms with Gasteiger partial charge >= 0.3 is 0 Å². The highest BCUT2D eigenvalue weighted by atomic mass is 127. The van der Waals surface area contributed by atoms with Crippen LogP contribution in [-0.2, 0) is 14.1 Å². The third-order valence-electron chi connectivity index (χ3n) is 6.92. The van der Waals surface area contributed by atoms with E-state index in [4.69, 9.17) is 23.2 Å². The number of nitrogens with one attached hydrogen (secondary N) is 2. The summed E-state index contributed by atoms with van der Waals surface area (Å²) in [6.07, 6.45) is 14.4. The molecule has 0 atom stereocenters. The lowest BCUT2D eigenvalue weighted by molar-refractivity contribution is -0.644. The van der Waals surface area contributed by atoms with Gasteiger partial charge in [0.25, 0.3) is 0 Å². The van der Waals surface area contributed by atoms with Crippen molar-refractivity contribution in [2.75, 3.05) is 23.7 Å². The third-order valence-corrected chi connectivity index (χ3v) is 7.39. The Morgan fingerprint density at radius 1 is 0.550 bits per heavy atom. The molecule has 40 heavy (non-hydrogen) atoms. The lowest BCUT2D eigenvalue weighted by Gasteiger charge is -2.09. The van der Waals surface area contributed by atoms with Crippen LogP contribution in [0.25, 0.3) is 21.8 Å². The first-order valence-electron chi connectivity index (χ1n) is 13.2. The molecule has 0 radical (unpaired) electrons. The molecule has 2 aromatic carbocycles. The zero-order valence-corrected chi connectivity index (χ0v) is 29.1. The van der Waals surface area contributed by atoms with Crippen LogP contribution in [0.3, 0.4) is 0 Å². The van der Waals surface area contributed by atoms with Crippen LogP contribution >= 0.6 is 23.2 Å². The van der Waals surface area contributed by atoms with E-state index in [1.807, 2.05) is 24.3 Å². The summed E-state index contributed by atoms with van der Waals surface area (Å²) in [5.41, 5.74) is 4.68. The zero-order valence-electron chi connectivity index (χ0n) is 23.3. The van der Waals surface area contributed by atoms with E-state index in [1.165, 1.54) is 73.5 Å². The van der Waals surface area contributed by atoms with E-state index in [0.29, 0.717) is 0 Å². The minimum Gasteiger partial charge on any atom is -1.00 e. The maximum Gasteiger partial charge on any atom is 0.215 e. The van der Waals surface area contributed by atoms with Crippen LogP contribution in [-0.4, -0.2) is 24.0 Å². The lowest BCUT2D eigenvalue weighted by atomic mass is 10.1. The third kappa shape index (κ3) is 10.9. The number of fused-ring (bicyclic) bond motifs is 2. The second-order valence-corrected chi connectivity index (χ2v) is 10.6. The Balaban J connectivity index is 0.00000380. The normalized spacial score (nSPS) is 10.2. The topological polar surface area (TPSA) is 94.8 Å². The number of unbranched alkanes of at least 4 members (excludes halogenated alkanes) is 7. The molecule has 0 unspecified atom stereocenters. The number of aryl methyl sites for hydroxylation is 2. The predicted molar refractivity (Wildman–Crippen MR) is 161 cm³/mol. The highest BCUT2D eigenvalue weighted by Gasteiger charge is 2.11. The van der Waals surface area contributed by atoms with E-state index >= 15 is 0 Å². The van der Waals surface area contributed by atoms with Crippen LogP contribution < -0.4 is 67.7 Å². The first-order valence-corrected chi connectivity index (χ1v) is 13.9. The van der Waals surface area contributed by atoms with Crippen LogP contribution in [0.15, 0.2) is 60.9 Å². The van der Waals surface area contributed by atoms with Crippen LogP contribution in [0.5, 0.6) is 0 Å². The molecule has 0 aliphatic carbocycles. The first kappa shape index (κ1) is 38.8. The van der Waals surface area contributed by atoms with Crippen molar-refractivity contribution < 1.29 is 68.0 Å². The van der Waals surface area contributed by atoms with Crippen molar-refractivity contribution in [1.29, 1.82) is 0 Å². The summed E-state index contributed by atoms with van der Waals surface area (Å²) in [6, 6.07) is 16.5. The van der Waals surface area contributed by atoms with Crippen LogP contribution in [0.1, 0.15) is 51.4 Å². The van der Waals surface area contributed by atoms with Crippen molar-refractivity contribution in [3.8, 4) is 0 Å². The fourth-order valence-electron chi connectivity index (χ4n) is 4.83. The standard InChI is InChI=1S/C30H36Cl2N4.2HI.2H2O/c1-35-19-15-27(25-13-11-23(31)21-29(25)35)33-17-9-7-5-3-4-6-8-10-18-34-28-16-20-36(2)30-22-24(32)12-14-26(28)30;;;;/h11-16,19-22H,3-10,17-18H2,1-2H3;2*1H;2*1H2. The second-order valence-electron chi connectivity index (χ2n) is 9.69. The van der Waals surface area contributed by atoms with Gasteiger partial charge in [-0.3, -0.25) is 0 Å². The molecule has 4 aromatic rings. The maximum absolute atomic E-state index is 6.18. The van der Waals surface area contributed by atoms with Gasteiger partial charge in [0, 0.05) is 47.4 Å². The van der Waals surface area contributed by atoms with Gasteiger partial charge in [0.05, 0.1) is 22.1 Å². The summed E-state index contributed by atoms with van der Waals surface area (Å²) >= 11 is 12.4. The van der Waals surface area contributed by atoms with Gasteiger partial charge in [0.1, 0.15) is 14.1 Å². The number of hydrogen-bond donors (Lipinski definition) is 2. The summed E-state index contributed by atoms with van der Waals surface area (Å²) < 4.78 is 4.23. The monoisotopic (exact) mass is 814 g/mol. The molecule has 6 nitrogen and oxygen atoms in total. The maximum atomic E-state index is 6.18. The molecule has 4 rings (SSSR count). The summed E-state index contributed by atoms with van der Waals surface area (Å²) in [6.45, 7) is 2.02. The molecule has 0 aliphatic heterocycles. The van der Waals surface area contributed by atoms with Crippen molar-refractivity contribution in [3.63, 3.8) is 0 Å². The number of hydrogen-bond acceptors (Lipinski definition) is 2. The van der Waals surface area contributed by atoms with E-state index in [2.05, 4.69) is 70.5 Å². The van der Waals surface area contributed by atoms with Crippen molar-refractivity contribution >= 4 is 56.4 Å². The Kier molecular flexibility index (Phi) is 19.3. The van der Waals surface area contributed by atoms with Crippen molar-refractivity contribution in [3.05, 3.63) is 71.0 Å². The average Bonchev–Trinajstić information content (AvgIpc) is 2.87. The zero-order chi connectivity index (χ0) is 25.3. The minimum absolute atomic E-state index is 0. The van der Waals surface area contributed by atoms with E-state index in [1.54, 1.807) is 0 Å². The minimum atomic E-state index is 0. The first-order chi connectivity index (χ1) is 17.5. The number of benzene rings is 2. The van der Waals surface area contributed by atoms with Gasteiger partial charge in [0.2, 0.25) is 11.0 Å². The molecule has 0 saturated heterocycles. The van der Waals surface area contributed by atoms with E-state index in [0.717, 1.165) is 34.2 Å². The Morgan fingerprint density at radius 2 is 0.900 bits per heavy atom. The molecule has 2 aromatic heterocycles. The fraction of sp³-hybridized carbons (Fsp3) is 0.400. The number of aromatic nitrogens is 2. The smallest absolute Gasteiger partial charge is 0.215 e. The second kappa shape index (κ2) is 19.9. The molecule has 10 heteroatoms. The summed E-state index contributed by atoms with van der Waals surface area (Å²) in [5, 5.41) is 11.2. The van der Waals surface area contributed by atoms with Crippen molar-refractivity contribution in [2.45, 2.75) is 51.4 Å². The Morgan fingerprint density at radius 3 is 1.27 bits per heavy atom. The van der Waals surface area contributed by atoms with Crippen LogP contribution in [0.4, 0.5) is 11.4 Å². The quantitative estimate of drug-likeness (QED) is 0.113. The van der Waals surface area contributed by atoms with E-state index < -0.39 is 0 Å². The average molecular weight is 815 g/mol. The van der Waals surface area contributed by atoms with Gasteiger partial charge in [-0.05, 0) is 37.1 Å². The Hall–Kier alpha value is -1.18. The van der Waals surface area contributed by atoms with E-state index in [-0.39, 0.29) is 58.9 Å². The van der Waals surface area contributed by atoms with Crippen LogP contribution in [0.2, 0.25) is 10.0 Å². The molecular formula is C30H42Cl2I2N4O2. The van der Waals surface area contributed by atoms with Gasteiger partial charge in [-0.2, -0.15) is 0 Å². The number of rotatable bonds is 13. The number of pyridine rings is 2. The summed E-state index contributed by atoms with van der Waals surface area (Å²) in [7, 11) is 4.11. The summed E-state index contributed by atoms with van der Waals surface area (Å²) in [5.74, 6) is 0. The van der Waals surface area contributed by atoms with Crippen LogP contribution in [0, 0.1) is 0 Å². The molecule has 0 spiro atoms. The van der Waals surface area contributed by atoms with Gasteiger partial charge < -0.3 is 69.5 Å².